The number of hydrogen-bond acceptors (Lipinski definition) is 4. The van der Waals surface area contributed by atoms with Crippen LogP contribution in [0, 0.1) is 5.92 Å². The molecule has 1 heterocycles. The SMILES string of the molecule is CN(C)c1ccc(CNC(=O)CN2CCC(NC(=O)C3CC3)CC2)cc1. The van der Waals surface area contributed by atoms with E-state index in [2.05, 4.69) is 32.6 Å². The summed E-state index contributed by atoms with van der Waals surface area (Å²) < 4.78 is 0. The molecular weight excluding hydrogens is 328 g/mol. The maximum absolute atomic E-state index is 12.2. The Labute approximate surface area is 155 Å². The van der Waals surface area contributed by atoms with Crippen LogP contribution in [0.1, 0.15) is 31.2 Å². The first-order chi connectivity index (χ1) is 12.5. The van der Waals surface area contributed by atoms with Gasteiger partial charge in [-0.2, -0.15) is 0 Å². The topological polar surface area (TPSA) is 64.7 Å². The van der Waals surface area contributed by atoms with Gasteiger partial charge in [0.05, 0.1) is 6.54 Å². The van der Waals surface area contributed by atoms with Gasteiger partial charge in [-0.15, -0.1) is 0 Å². The van der Waals surface area contributed by atoms with Crippen LogP contribution in [0.15, 0.2) is 24.3 Å². The highest BCUT2D eigenvalue weighted by Crippen LogP contribution is 2.29. The highest BCUT2D eigenvalue weighted by atomic mass is 16.2. The molecule has 1 aliphatic heterocycles. The van der Waals surface area contributed by atoms with E-state index in [9.17, 15) is 9.59 Å². The summed E-state index contributed by atoms with van der Waals surface area (Å²) in [5, 5.41) is 6.14. The lowest BCUT2D eigenvalue weighted by molar-refractivity contribution is -0.124. The number of anilines is 1. The Kier molecular flexibility index (Phi) is 6.14. The van der Waals surface area contributed by atoms with Gasteiger partial charge in [-0.05, 0) is 43.4 Å². The number of piperidine rings is 1. The van der Waals surface area contributed by atoms with Gasteiger partial charge in [0.2, 0.25) is 11.8 Å². The first kappa shape index (κ1) is 18.7. The number of carbonyl (C=O) groups excluding carboxylic acids is 2. The highest BCUT2D eigenvalue weighted by Gasteiger charge is 2.31. The quantitative estimate of drug-likeness (QED) is 0.772. The van der Waals surface area contributed by atoms with Crippen molar-refractivity contribution >= 4 is 17.5 Å². The fourth-order valence-corrected chi connectivity index (χ4v) is 3.27. The lowest BCUT2D eigenvalue weighted by Crippen LogP contribution is -2.47. The summed E-state index contributed by atoms with van der Waals surface area (Å²) in [5.41, 5.74) is 2.25. The molecule has 6 heteroatoms. The van der Waals surface area contributed by atoms with E-state index in [0.717, 1.165) is 50.0 Å². The van der Waals surface area contributed by atoms with Crippen molar-refractivity contribution in [3.63, 3.8) is 0 Å². The Balaban J connectivity index is 1.34. The molecule has 0 atom stereocenters. The number of nitrogens with zero attached hydrogens (tertiary/aromatic N) is 2. The normalized spacial score (nSPS) is 18.4. The van der Waals surface area contributed by atoms with Crippen molar-refractivity contribution < 1.29 is 9.59 Å². The molecular formula is C20H30N4O2. The van der Waals surface area contributed by atoms with Crippen molar-refractivity contribution in [2.75, 3.05) is 38.6 Å². The van der Waals surface area contributed by atoms with Crippen molar-refractivity contribution in [3.05, 3.63) is 29.8 Å². The number of hydrogen-bond donors (Lipinski definition) is 2. The van der Waals surface area contributed by atoms with E-state index in [0.29, 0.717) is 13.1 Å². The fraction of sp³-hybridized carbons (Fsp3) is 0.600. The van der Waals surface area contributed by atoms with Gasteiger partial charge in [-0.1, -0.05) is 12.1 Å². The van der Waals surface area contributed by atoms with Crippen molar-refractivity contribution in [2.45, 2.75) is 38.3 Å². The Morgan fingerprint density at radius 2 is 1.73 bits per heavy atom. The Morgan fingerprint density at radius 1 is 1.08 bits per heavy atom. The van der Waals surface area contributed by atoms with Crippen LogP contribution in [0.4, 0.5) is 5.69 Å². The molecule has 6 nitrogen and oxygen atoms in total. The molecule has 1 saturated heterocycles. The van der Waals surface area contributed by atoms with E-state index in [4.69, 9.17) is 0 Å². The first-order valence-corrected chi connectivity index (χ1v) is 9.57. The van der Waals surface area contributed by atoms with Crippen LogP contribution in [-0.4, -0.2) is 56.5 Å². The summed E-state index contributed by atoms with van der Waals surface area (Å²) in [4.78, 5) is 28.2. The number of benzene rings is 1. The van der Waals surface area contributed by atoms with Crippen molar-refractivity contribution in [1.82, 2.24) is 15.5 Å². The van der Waals surface area contributed by atoms with Gasteiger partial charge in [-0.3, -0.25) is 14.5 Å². The van der Waals surface area contributed by atoms with Gasteiger partial charge in [0.1, 0.15) is 0 Å². The number of amides is 2. The molecule has 0 unspecified atom stereocenters. The fourth-order valence-electron chi connectivity index (χ4n) is 3.27. The summed E-state index contributed by atoms with van der Waals surface area (Å²) in [6.45, 7) is 2.71. The highest BCUT2D eigenvalue weighted by molar-refractivity contribution is 5.81. The average Bonchev–Trinajstić information content (AvgIpc) is 3.47. The Bertz CT molecular complexity index is 617. The third-order valence-corrected chi connectivity index (χ3v) is 5.19. The number of carbonyl (C=O) groups is 2. The van der Waals surface area contributed by atoms with E-state index in [-0.39, 0.29) is 23.8 Å². The van der Waals surface area contributed by atoms with Crippen molar-refractivity contribution in [2.24, 2.45) is 5.92 Å². The molecule has 1 aliphatic carbocycles. The second kappa shape index (κ2) is 8.54. The minimum atomic E-state index is 0.0575. The zero-order valence-corrected chi connectivity index (χ0v) is 15.8. The zero-order valence-electron chi connectivity index (χ0n) is 15.8. The van der Waals surface area contributed by atoms with Gasteiger partial charge >= 0.3 is 0 Å². The standard InChI is InChI=1S/C20H30N4O2/c1-23(2)18-7-3-15(4-8-18)13-21-19(25)14-24-11-9-17(10-12-24)22-20(26)16-5-6-16/h3-4,7-8,16-17H,5-6,9-14H2,1-2H3,(H,21,25)(H,22,26). The molecule has 0 spiro atoms. The second-order valence-electron chi connectivity index (χ2n) is 7.67. The maximum Gasteiger partial charge on any atom is 0.234 e. The Morgan fingerprint density at radius 3 is 2.31 bits per heavy atom. The maximum atomic E-state index is 12.2. The third kappa shape index (κ3) is 5.46. The summed E-state index contributed by atoms with van der Waals surface area (Å²) in [5.74, 6) is 0.550. The second-order valence-corrected chi connectivity index (χ2v) is 7.67. The lowest BCUT2D eigenvalue weighted by Gasteiger charge is -2.31. The molecule has 0 aromatic heterocycles. The summed E-state index contributed by atoms with van der Waals surface area (Å²) in [6.07, 6.45) is 3.95. The Hall–Kier alpha value is -2.08. The average molecular weight is 358 g/mol. The summed E-state index contributed by atoms with van der Waals surface area (Å²) in [6, 6.07) is 8.48. The molecule has 1 aromatic carbocycles. The minimum Gasteiger partial charge on any atom is -0.378 e. The molecule has 2 fully saturated rings. The van der Waals surface area contributed by atoms with Crippen LogP contribution in [0.3, 0.4) is 0 Å². The van der Waals surface area contributed by atoms with Crippen molar-refractivity contribution in [1.29, 1.82) is 0 Å². The predicted octanol–water partition coefficient (Wildman–Crippen LogP) is 1.36. The van der Waals surface area contributed by atoms with Crippen LogP contribution in [0.25, 0.3) is 0 Å². The third-order valence-electron chi connectivity index (χ3n) is 5.19. The van der Waals surface area contributed by atoms with Gasteiger partial charge in [-0.25, -0.2) is 0 Å². The smallest absolute Gasteiger partial charge is 0.234 e. The monoisotopic (exact) mass is 358 g/mol. The van der Waals surface area contributed by atoms with E-state index < -0.39 is 0 Å². The molecule has 1 saturated carbocycles. The van der Waals surface area contributed by atoms with E-state index in [1.807, 2.05) is 26.2 Å². The van der Waals surface area contributed by atoms with Gasteiger partial charge in [0, 0.05) is 51.4 Å². The molecule has 0 radical (unpaired) electrons. The van der Waals surface area contributed by atoms with E-state index in [1.165, 1.54) is 0 Å². The van der Waals surface area contributed by atoms with Crippen LogP contribution < -0.4 is 15.5 Å². The van der Waals surface area contributed by atoms with Crippen LogP contribution in [0.5, 0.6) is 0 Å². The van der Waals surface area contributed by atoms with E-state index in [1.54, 1.807) is 0 Å². The predicted molar refractivity (Wildman–Crippen MR) is 103 cm³/mol. The number of rotatable bonds is 7. The van der Waals surface area contributed by atoms with Crippen LogP contribution in [0.2, 0.25) is 0 Å². The molecule has 3 rings (SSSR count). The van der Waals surface area contributed by atoms with Gasteiger partial charge in [0.25, 0.3) is 0 Å². The number of likely N-dealkylation sites (tertiary alicyclic amines) is 1. The lowest BCUT2D eigenvalue weighted by atomic mass is 10.0. The molecule has 2 N–H and O–H groups in total. The van der Waals surface area contributed by atoms with Gasteiger partial charge in [0.15, 0.2) is 0 Å². The molecule has 26 heavy (non-hydrogen) atoms. The zero-order chi connectivity index (χ0) is 18.5. The van der Waals surface area contributed by atoms with Gasteiger partial charge < -0.3 is 15.5 Å². The van der Waals surface area contributed by atoms with Crippen LogP contribution >= 0.6 is 0 Å². The largest absolute Gasteiger partial charge is 0.378 e. The van der Waals surface area contributed by atoms with Crippen molar-refractivity contribution in [3.8, 4) is 0 Å². The number of nitrogens with one attached hydrogen (secondary N) is 2. The molecule has 142 valence electrons. The van der Waals surface area contributed by atoms with E-state index >= 15 is 0 Å². The van der Waals surface area contributed by atoms with Crippen LogP contribution in [-0.2, 0) is 16.1 Å². The first-order valence-electron chi connectivity index (χ1n) is 9.57. The molecule has 1 aromatic rings. The molecule has 0 bridgehead atoms. The minimum absolute atomic E-state index is 0.0575. The summed E-state index contributed by atoms with van der Waals surface area (Å²) in [7, 11) is 4.02. The summed E-state index contributed by atoms with van der Waals surface area (Å²) >= 11 is 0. The molecule has 2 aliphatic rings. The molecule has 2 amide bonds.